The van der Waals surface area contributed by atoms with E-state index >= 15 is 0 Å². The minimum atomic E-state index is -2.90. The van der Waals surface area contributed by atoms with Crippen LogP contribution in [0.2, 0.25) is 0 Å². The molecule has 0 saturated carbocycles. The Labute approximate surface area is 86.4 Å². The zero-order valence-corrected chi connectivity index (χ0v) is 9.43. The first-order valence-electron chi connectivity index (χ1n) is 5.27. The van der Waals surface area contributed by atoms with Crippen LogP contribution >= 0.6 is 0 Å². The maximum Gasteiger partial charge on any atom is 0.152 e. The van der Waals surface area contributed by atoms with E-state index in [0.29, 0.717) is 6.54 Å². The average molecular weight is 220 g/mol. The van der Waals surface area contributed by atoms with Gasteiger partial charge in [-0.2, -0.15) is 0 Å². The molecule has 4 nitrogen and oxygen atoms in total. The van der Waals surface area contributed by atoms with Crippen molar-refractivity contribution in [3.05, 3.63) is 0 Å². The molecule has 0 bridgehead atoms. The molecule has 0 aliphatic carbocycles. The highest BCUT2D eigenvalue weighted by molar-refractivity contribution is 7.91. The summed E-state index contributed by atoms with van der Waals surface area (Å²) in [7, 11) is -2.90. The van der Waals surface area contributed by atoms with Crippen LogP contribution in [0.1, 0.15) is 19.3 Å². The summed E-state index contributed by atoms with van der Waals surface area (Å²) in [6, 6.07) is 0. The predicted octanol–water partition coefficient (Wildman–Crippen LogP) is -0.154. The largest absolute Gasteiger partial charge is 0.329 e. The molecule has 0 amide bonds. The molecule has 0 radical (unpaired) electrons. The molecule has 84 valence electrons. The van der Waals surface area contributed by atoms with Gasteiger partial charge in [-0.1, -0.05) is 6.42 Å². The third-order valence-corrected chi connectivity index (χ3v) is 4.26. The van der Waals surface area contributed by atoms with Gasteiger partial charge in [-0.15, -0.1) is 0 Å². The summed E-state index contributed by atoms with van der Waals surface area (Å²) in [5, 5.41) is 0. The van der Waals surface area contributed by atoms with Gasteiger partial charge in [-0.05, 0) is 25.9 Å². The monoisotopic (exact) mass is 220 g/mol. The summed E-state index contributed by atoms with van der Waals surface area (Å²) in [5.74, 6) is 0.394. The van der Waals surface area contributed by atoms with Crippen LogP contribution in [0.25, 0.3) is 0 Å². The Morgan fingerprint density at radius 2 is 1.71 bits per heavy atom. The van der Waals surface area contributed by atoms with Gasteiger partial charge < -0.3 is 10.6 Å². The lowest BCUT2D eigenvalue weighted by Gasteiger charge is -2.26. The Hall–Kier alpha value is -0.130. The molecule has 1 fully saturated rings. The Balaban J connectivity index is 2.24. The molecule has 1 aliphatic heterocycles. The molecule has 0 unspecified atom stereocenters. The molecule has 0 atom stereocenters. The fourth-order valence-electron chi connectivity index (χ4n) is 1.73. The molecule has 0 aromatic heterocycles. The second-order valence-corrected chi connectivity index (χ2v) is 6.15. The van der Waals surface area contributed by atoms with E-state index < -0.39 is 9.84 Å². The fraction of sp³-hybridized carbons (Fsp3) is 1.00. The SMILES string of the molecule is NCCS(=O)(=O)CCN1CCCCC1. The minimum Gasteiger partial charge on any atom is -0.329 e. The van der Waals surface area contributed by atoms with Gasteiger partial charge in [0, 0.05) is 13.1 Å². The third kappa shape index (κ3) is 4.39. The minimum absolute atomic E-state index is 0.126. The van der Waals surface area contributed by atoms with E-state index in [4.69, 9.17) is 5.73 Å². The summed E-state index contributed by atoms with van der Waals surface area (Å²) in [5.41, 5.74) is 5.23. The number of nitrogens with two attached hydrogens (primary N) is 1. The number of nitrogens with zero attached hydrogens (tertiary/aromatic N) is 1. The van der Waals surface area contributed by atoms with Crippen LogP contribution in [0.4, 0.5) is 0 Å². The van der Waals surface area contributed by atoms with E-state index in [1.807, 2.05) is 0 Å². The summed E-state index contributed by atoms with van der Waals surface area (Å²) < 4.78 is 22.7. The number of likely N-dealkylation sites (tertiary alicyclic amines) is 1. The summed E-state index contributed by atoms with van der Waals surface area (Å²) in [6.07, 6.45) is 3.69. The van der Waals surface area contributed by atoms with Crippen molar-refractivity contribution in [1.29, 1.82) is 0 Å². The summed E-state index contributed by atoms with van der Waals surface area (Å²) >= 11 is 0. The van der Waals surface area contributed by atoms with Crippen LogP contribution in [0, 0.1) is 0 Å². The van der Waals surface area contributed by atoms with Crippen molar-refractivity contribution in [3.63, 3.8) is 0 Å². The second-order valence-electron chi connectivity index (χ2n) is 3.84. The van der Waals surface area contributed by atoms with E-state index in [0.717, 1.165) is 13.1 Å². The molecule has 0 spiro atoms. The van der Waals surface area contributed by atoms with Gasteiger partial charge >= 0.3 is 0 Å². The number of rotatable bonds is 5. The number of sulfone groups is 1. The van der Waals surface area contributed by atoms with Crippen molar-refractivity contribution in [2.45, 2.75) is 19.3 Å². The Kier molecular flexibility index (Phi) is 4.84. The third-order valence-electron chi connectivity index (χ3n) is 2.60. The molecule has 1 rings (SSSR count). The lowest BCUT2D eigenvalue weighted by molar-refractivity contribution is 0.241. The Bertz CT molecular complexity index is 246. The highest BCUT2D eigenvalue weighted by Crippen LogP contribution is 2.08. The van der Waals surface area contributed by atoms with E-state index in [-0.39, 0.29) is 18.1 Å². The van der Waals surface area contributed by atoms with Gasteiger partial charge in [0.1, 0.15) is 0 Å². The van der Waals surface area contributed by atoms with Gasteiger partial charge in [0.15, 0.2) is 9.84 Å². The highest BCUT2D eigenvalue weighted by atomic mass is 32.2. The molecule has 5 heteroatoms. The predicted molar refractivity (Wildman–Crippen MR) is 58.0 cm³/mol. The van der Waals surface area contributed by atoms with Crippen molar-refractivity contribution < 1.29 is 8.42 Å². The first-order chi connectivity index (χ1) is 6.64. The van der Waals surface area contributed by atoms with Crippen molar-refractivity contribution in [2.24, 2.45) is 5.73 Å². The number of hydrogen-bond acceptors (Lipinski definition) is 4. The lowest BCUT2D eigenvalue weighted by Crippen LogP contribution is -2.35. The Morgan fingerprint density at radius 1 is 1.07 bits per heavy atom. The van der Waals surface area contributed by atoms with Gasteiger partial charge in [0.2, 0.25) is 0 Å². The van der Waals surface area contributed by atoms with Crippen LogP contribution in [0.15, 0.2) is 0 Å². The van der Waals surface area contributed by atoms with Gasteiger partial charge in [-0.3, -0.25) is 0 Å². The molecular formula is C9H20N2O2S. The summed E-state index contributed by atoms with van der Waals surface area (Å²) in [4.78, 5) is 2.23. The number of hydrogen-bond donors (Lipinski definition) is 1. The van der Waals surface area contributed by atoms with E-state index in [2.05, 4.69) is 4.90 Å². The molecule has 1 saturated heterocycles. The maximum absolute atomic E-state index is 11.4. The van der Waals surface area contributed by atoms with Crippen LogP contribution in [-0.2, 0) is 9.84 Å². The topological polar surface area (TPSA) is 63.4 Å². The molecular weight excluding hydrogens is 200 g/mol. The smallest absolute Gasteiger partial charge is 0.152 e. The van der Waals surface area contributed by atoms with Crippen LogP contribution in [-0.4, -0.2) is 51.0 Å². The van der Waals surface area contributed by atoms with Crippen LogP contribution < -0.4 is 5.73 Å². The Morgan fingerprint density at radius 3 is 2.29 bits per heavy atom. The normalized spacial score (nSPS) is 19.8. The molecule has 0 aromatic rings. The average Bonchev–Trinajstić information content (AvgIpc) is 2.17. The van der Waals surface area contributed by atoms with Gasteiger partial charge in [0.05, 0.1) is 11.5 Å². The first-order valence-corrected chi connectivity index (χ1v) is 7.09. The number of piperidine rings is 1. The van der Waals surface area contributed by atoms with E-state index in [1.54, 1.807) is 0 Å². The zero-order valence-electron chi connectivity index (χ0n) is 8.61. The second kappa shape index (κ2) is 5.68. The van der Waals surface area contributed by atoms with Crippen LogP contribution in [0.5, 0.6) is 0 Å². The van der Waals surface area contributed by atoms with E-state index in [1.165, 1.54) is 19.3 Å². The molecule has 1 aliphatic rings. The molecule has 14 heavy (non-hydrogen) atoms. The lowest BCUT2D eigenvalue weighted by atomic mass is 10.1. The fourth-order valence-corrected chi connectivity index (χ4v) is 2.83. The van der Waals surface area contributed by atoms with Crippen molar-refractivity contribution in [1.82, 2.24) is 4.90 Å². The molecule has 1 heterocycles. The zero-order chi connectivity index (χ0) is 10.4. The van der Waals surface area contributed by atoms with Gasteiger partial charge in [0.25, 0.3) is 0 Å². The van der Waals surface area contributed by atoms with Crippen molar-refractivity contribution in [2.75, 3.05) is 37.7 Å². The summed E-state index contributed by atoms with van der Waals surface area (Å²) in [6.45, 7) is 3.03. The molecule has 2 N–H and O–H groups in total. The quantitative estimate of drug-likeness (QED) is 0.699. The molecule has 0 aromatic carbocycles. The van der Waals surface area contributed by atoms with Crippen molar-refractivity contribution in [3.8, 4) is 0 Å². The standard InChI is InChI=1S/C9H20N2O2S/c10-4-8-14(12,13)9-7-11-5-2-1-3-6-11/h1-10H2. The maximum atomic E-state index is 11.4. The highest BCUT2D eigenvalue weighted by Gasteiger charge is 2.14. The van der Waals surface area contributed by atoms with Gasteiger partial charge in [-0.25, -0.2) is 8.42 Å². The van der Waals surface area contributed by atoms with Crippen LogP contribution in [0.3, 0.4) is 0 Å². The van der Waals surface area contributed by atoms with Crippen molar-refractivity contribution >= 4 is 9.84 Å². The van der Waals surface area contributed by atoms with E-state index in [9.17, 15) is 8.42 Å². The first kappa shape index (κ1) is 11.9.